The molecule has 0 radical (unpaired) electrons. The van der Waals surface area contributed by atoms with Crippen LogP contribution in [0.5, 0.6) is 0 Å². The number of rotatable bonds is 1. The van der Waals surface area contributed by atoms with Gasteiger partial charge in [0, 0.05) is 11.0 Å². The fourth-order valence-electron chi connectivity index (χ4n) is 4.20. The quantitative estimate of drug-likeness (QED) is 0.726. The summed E-state index contributed by atoms with van der Waals surface area (Å²) in [6, 6.07) is 0. The number of allylic oxidation sites excluding steroid dienone is 1. The molecule has 1 saturated carbocycles. The molecule has 0 spiro atoms. The minimum atomic E-state index is -0.182. The van der Waals surface area contributed by atoms with Gasteiger partial charge < -0.3 is 5.73 Å². The van der Waals surface area contributed by atoms with E-state index in [1.807, 2.05) is 0 Å². The van der Waals surface area contributed by atoms with Gasteiger partial charge in [-0.05, 0) is 38.0 Å². The van der Waals surface area contributed by atoms with Gasteiger partial charge in [0.15, 0.2) is 0 Å². The van der Waals surface area contributed by atoms with Crippen LogP contribution in [-0.2, 0) is 4.79 Å². The molecule has 2 N–H and O–H groups in total. The lowest BCUT2D eigenvalue weighted by Crippen LogP contribution is -2.44. The van der Waals surface area contributed by atoms with Crippen molar-refractivity contribution in [3.63, 3.8) is 0 Å². The van der Waals surface area contributed by atoms with Gasteiger partial charge in [-0.15, -0.1) is 0 Å². The van der Waals surface area contributed by atoms with Crippen molar-refractivity contribution in [1.82, 2.24) is 0 Å². The van der Waals surface area contributed by atoms with E-state index in [4.69, 9.17) is 5.73 Å². The maximum absolute atomic E-state index is 11.7. The molecule has 0 heterocycles. The molecule has 0 aliphatic heterocycles. The van der Waals surface area contributed by atoms with E-state index < -0.39 is 0 Å². The second-order valence-electron chi connectivity index (χ2n) is 5.95. The van der Waals surface area contributed by atoms with Gasteiger partial charge >= 0.3 is 0 Å². The van der Waals surface area contributed by atoms with Crippen LogP contribution in [0.1, 0.15) is 52.9 Å². The SMILES string of the molecule is CC1=C(C(N)=O)[C@@]2(C)CCC[C@H](C)C2CC1. The molecule has 0 aromatic carbocycles. The summed E-state index contributed by atoms with van der Waals surface area (Å²) in [6.45, 7) is 6.68. The van der Waals surface area contributed by atoms with Gasteiger partial charge in [0.2, 0.25) is 5.91 Å². The largest absolute Gasteiger partial charge is 0.366 e. The van der Waals surface area contributed by atoms with E-state index in [9.17, 15) is 4.79 Å². The van der Waals surface area contributed by atoms with Crippen LogP contribution in [0.4, 0.5) is 0 Å². The highest BCUT2D eigenvalue weighted by Gasteiger charge is 2.47. The smallest absolute Gasteiger partial charge is 0.245 e. The maximum Gasteiger partial charge on any atom is 0.245 e. The zero-order valence-corrected chi connectivity index (χ0v) is 10.7. The van der Waals surface area contributed by atoms with Crippen molar-refractivity contribution in [2.45, 2.75) is 52.9 Å². The maximum atomic E-state index is 11.7. The Morgan fingerprint density at radius 2 is 2.12 bits per heavy atom. The zero-order chi connectivity index (χ0) is 11.9. The normalized spacial score (nSPS) is 39.4. The summed E-state index contributed by atoms with van der Waals surface area (Å²) in [7, 11) is 0. The van der Waals surface area contributed by atoms with Gasteiger partial charge in [-0.1, -0.05) is 32.3 Å². The number of carbonyl (C=O) groups is 1. The van der Waals surface area contributed by atoms with Gasteiger partial charge in [0.05, 0.1) is 0 Å². The fourth-order valence-corrected chi connectivity index (χ4v) is 4.20. The van der Waals surface area contributed by atoms with Crippen molar-refractivity contribution < 1.29 is 4.79 Å². The molecule has 2 heteroatoms. The number of hydrogen-bond acceptors (Lipinski definition) is 1. The molecule has 0 saturated heterocycles. The van der Waals surface area contributed by atoms with Crippen LogP contribution in [0.25, 0.3) is 0 Å². The average Bonchev–Trinajstić information content (AvgIpc) is 2.15. The van der Waals surface area contributed by atoms with Gasteiger partial charge in [-0.2, -0.15) is 0 Å². The minimum absolute atomic E-state index is 0.0613. The number of primary amides is 1. The van der Waals surface area contributed by atoms with Crippen LogP contribution in [0.15, 0.2) is 11.1 Å². The first-order valence-corrected chi connectivity index (χ1v) is 6.47. The van der Waals surface area contributed by atoms with E-state index in [1.54, 1.807) is 0 Å². The highest BCUT2D eigenvalue weighted by molar-refractivity contribution is 5.94. The third-order valence-corrected chi connectivity index (χ3v) is 4.94. The van der Waals surface area contributed by atoms with E-state index in [0.717, 1.165) is 24.3 Å². The van der Waals surface area contributed by atoms with Crippen LogP contribution in [0, 0.1) is 17.3 Å². The van der Waals surface area contributed by atoms with Crippen LogP contribution in [0.3, 0.4) is 0 Å². The lowest BCUT2D eigenvalue weighted by atomic mass is 9.55. The van der Waals surface area contributed by atoms with Crippen molar-refractivity contribution in [3.8, 4) is 0 Å². The Kier molecular flexibility index (Phi) is 2.85. The lowest BCUT2D eigenvalue weighted by Gasteiger charge is -2.49. The summed E-state index contributed by atoms with van der Waals surface area (Å²) in [4.78, 5) is 11.7. The Balaban J connectivity index is 2.45. The predicted molar refractivity (Wildman–Crippen MR) is 65.7 cm³/mol. The molecule has 3 atom stereocenters. The van der Waals surface area contributed by atoms with E-state index in [1.165, 1.54) is 24.8 Å². The van der Waals surface area contributed by atoms with Gasteiger partial charge in [-0.3, -0.25) is 4.79 Å². The summed E-state index contributed by atoms with van der Waals surface area (Å²) in [6.07, 6.45) is 5.98. The Hall–Kier alpha value is -0.790. The van der Waals surface area contributed by atoms with Crippen LogP contribution >= 0.6 is 0 Å². The molecule has 2 aliphatic carbocycles. The summed E-state index contributed by atoms with van der Waals surface area (Å²) < 4.78 is 0. The molecule has 90 valence electrons. The van der Waals surface area contributed by atoms with Crippen molar-refractivity contribution in [2.75, 3.05) is 0 Å². The molecule has 2 aliphatic rings. The summed E-state index contributed by atoms with van der Waals surface area (Å²) in [5.74, 6) is 1.22. The van der Waals surface area contributed by atoms with E-state index in [2.05, 4.69) is 20.8 Å². The minimum Gasteiger partial charge on any atom is -0.366 e. The molecular formula is C14H23NO. The number of nitrogens with two attached hydrogens (primary N) is 1. The standard InChI is InChI=1S/C14H23NO/c1-9-5-4-8-14(3)11(9)7-6-10(2)12(14)13(15)16/h9,11H,4-8H2,1-3H3,(H2,15,16)/t9-,11?,14-/m0/s1. The van der Waals surface area contributed by atoms with Crippen molar-refractivity contribution in [2.24, 2.45) is 23.0 Å². The molecule has 1 amide bonds. The zero-order valence-electron chi connectivity index (χ0n) is 10.7. The molecule has 0 aromatic rings. The first kappa shape index (κ1) is 11.7. The van der Waals surface area contributed by atoms with E-state index in [-0.39, 0.29) is 11.3 Å². The summed E-state index contributed by atoms with van der Waals surface area (Å²) in [5, 5.41) is 0. The molecule has 0 bridgehead atoms. The van der Waals surface area contributed by atoms with Gasteiger partial charge in [0.25, 0.3) is 0 Å². The molecule has 1 fully saturated rings. The molecule has 1 unspecified atom stereocenters. The fraction of sp³-hybridized carbons (Fsp3) is 0.786. The Morgan fingerprint density at radius 1 is 1.44 bits per heavy atom. The van der Waals surface area contributed by atoms with E-state index >= 15 is 0 Å². The highest BCUT2D eigenvalue weighted by Crippen LogP contribution is 2.54. The molecule has 2 rings (SSSR count). The van der Waals surface area contributed by atoms with Crippen molar-refractivity contribution in [3.05, 3.63) is 11.1 Å². The second kappa shape index (κ2) is 3.90. The monoisotopic (exact) mass is 221 g/mol. The Morgan fingerprint density at radius 3 is 2.75 bits per heavy atom. The molecular weight excluding hydrogens is 198 g/mol. The third kappa shape index (κ3) is 1.59. The Labute approximate surface area is 98.3 Å². The summed E-state index contributed by atoms with van der Waals surface area (Å²) >= 11 is 0. The molecule has 16 heavy (non-hydrogen) atoms. The second-order valence-corrected chi connectivity index (χ2v) is 5.95. The number of fused-ring (bicyclic) bond motifs is 1. The predicted octanol–water partition coefficient (Wildman–Crippen LogP) is 3.02. The van der Waals surface area contributed by atoms with Crippen LogP contribution in [-0.4, -0.2) is 5.91 Å². The van der Waals surface area contributed by atoms with Gasteiger partial charge in [0.1, 0.15) is 0 Å². The Bertz CT molecular complexity index is 345. The molecule has 2 nitrogen and oxygen atoms in total. The third-order valence-electron chi connectivity index (χ3n) is 4.94. The van der Waals surface area contributed by atoms with Crippen LogP contribution in [0.2, 0.25) is 0 Å². The topological polar surface area (TPSA) is 43.1 Å². The van der Waals surface area contributed by atoms with E-state index in [0.29, 0.717) is 5.92 Å². The van der Waals surface area contributed by atoms with Crippen LogP contribution < -0.4 is 5.73 Å². The number of carbonyl (C=O) groups excluding carboxylic acids is 1. The van der Waals surface area contributed by atoms with Crippen molar-refractivity contribution in [1.29, 1.82) is 0 Å². The number of hydrogen-bond donors (Lipinski definition) is 1. The molecule has 0 aromatic heterocycles. The number of amides is 1. The first-order chi connectivity index (χ1) is 7.47. The average molecular weight is 221 g/mol. The highest BCUT2D eigenvalue weighted by atomic mass is 16.1. The first-order valence-electron chi connectivity index (χ1n) is 6.47. The summed E-state index contributed by atoms with van der Waals surface area (Å²) in [5.41, 5.74) is 7.85. The van der Waals surface area contributed by atoms with Gasteiger partial charge in [-0.25, -0.2) is 0 Å². The lowest BCUT2D eigenvalue weighted by molar-refractivity contribution is -0.117. The van der Waals surface area contributed by atoms with Crippen molar-refractivity contribution >= 4 is 5.91 Å².